The van der Waals surface area contributed by atoms with E-state index < -0.39 is 12.0 Å². The summed E-state index contributed by atoms with van der Waals surface area (Å²) in [5, 5.41) is 19.5. The molecule has 1 atom stereocenters. The summed E-state index contributed by atoms with van der Waals surface area (Å²) in [5.74, 6) is -1.34. The SMILES string of the molecule is CCCCC(=O)N(Cc1ccc(-c2cc(-c3ccccc3)ccc2C#N)cc1)C(C(=O)O)C(C)C. The Morgan fingerprint density at radius 1 is 0.943 bits per heavy atom. The minimum atomic E-state index is -0.988. The van der Waals surface area contributed by atoms with E-state index in [0.717, 1.165) is 40.7 Å². The molecule has 3 rings (SSSR count). The Hall–Kier alpha value is -3.91. The summed E-state index contributed by atoms with van der Waals surface area (Å²) in [5.41, 5.74) is 5.26. The van der Waals surface area contributed by atoms with Crippen LogP contribution in [-0.4, -0.2) is 27.9 Å². The number of carbonyl (C=O) groups is 2. The minimum absolute atomic E-state index is 0.139. The molecule has 0 aliphatic rings. The van der Waals surface area contributed by atoms with Crippen molar-refractivity contribution in [3.8, 4) is 28.3 Å². The fourth-order valence-electron chi connectivity index (χ4n) is 4.27. The molecule has 1 N–H and O–H groups in total. The summed E-state index contributed by atoms with van der Waals surface area (Å²) in [6.45, 7) is 5.89. The highest BCUT2D eigenvalue weighted by Gasteiger charge is 2.32. The lowest BCUT2D eigenvalue weighted by molar-refractivity contribution is -0.153. The van der Waals surface area contributed by atoms with Gasteiger partial charge in [-0.3, -0.25) is 4.79 Å². The molecule has 180 valence electrons. The maximum atomic E-state index is 12.9. The second-order valence-corrected chi connectivity index (χ2v) is 9.09. The molecule has 1 amide bonds. The Kier molecular flexibility index (Phi) is 8.80. The molecule has 0 aromatic heterocycles. The molecule has 0 aliphatic heterocycles. The molecule has 3 aromatic rings. The van der Waals surface area contributed by atoms with E-state index in [1.165, 1.54) is 4.90 Å². The second-order valence-electron chi connectivity index (χ2n) is 9.09. The van der Waals surface area contributed by atoms with E-state index in [1.807, 2.05) is 93.6 Å². The number of rotatable bonds is 10. The van der Waals surface area contributed by atoms with Crippen molar-refractivity contribution in [1.29, 1.82) is 5.26 Å². The van der Waals surface area contributed by atoms with Gasteiger partial charge in [0.25, 0.3) is 0 Å². The van der Waals surface area contributed by atoms with Gasteiger partial charge in [-0.1, -0.05) is 87.9 Å². The summed E-state index contributed by atoms with van der Waals surface area (Å²) < 4.78 is 0. The number of amides is 1. The van der Waals surface area contributed by atoms with Gasteiger partial charge in [-0.05, 0) is 46.7 Å². The molecule has 0 saturated carbocycles. The van der Waals surface area contributed by atoms with Gasteiger partial charge in [0.15, 0.2) is 0 Å². The third-order valence-electron chi connectivity index (χ3n) is 6.15. The topological polar surface area (TPSA) is 81.4 Å². The number of carbonyl (C=O) groups excluding carboxylic acids is 1. The van der Waals surface area contributed by atoms with Gasteiger partial charge in [-0.2, -0.15) is 5.26 Å². The van der Waals surface area contributed by atoms with E-state index in [9.17, 15) is 20.0 Å². The molecular formula is C30H32N2O3. The molecule has 0 aliphatic carbocycles. The molecule has 5 heteroatoms. The van der Waals surface area contributed by atoms with Crippen LogP contribution in [0.2, 0.25) is 0 Å². The molecule has 1 unspecified atom stereocenters. The highest BCUT2D eigenvalue weighted by molar-refractivity contribution is 5.84. The number of benzene rings is 3. The monoisotopic (exact) mass is 468 g/mol. The largest absolute Gasteiger partial charge is 0.480 e. The number of carboxylic acid groups (broad SMARTS) is 1. The summed E-state index contributed by atoms with van der Waals surface area (Å²) in [6.07, 6.45) is 1.94. The van der Waals surface area contributed by atoms with Crippen molar-refractivity contribution in [1.82, 2.24) is 4.90 Å². The van der Waals surface area contributed by atoms with Crippen LogP contribution in [0.15, 0.2) is 72.8 Å². The van der Waals surface area contributed by atoms with Crippen molar-refractivity contribution in [3.05, 3.63) is 83.9 Å². The molecule has 35 heavy (non-hydrogen) atoms. The first-order chi connectivity index (χ1) is 16.8. The third-order valence-corrected chi connectivity index (χ3v) is 6.15. The predicted octanol–water partition coefficient (Wildman–Crippen LogP) is 6.52. The van der Waals surface area contributed by atoms with Gasteiger partial charge in [0.1, 0.15) is 6.04 Å². The molecule has 0 fully saturated rings. The Morgan fingerprint density at radius 2 is 1.60 bits per heavy atom. The number of nitriles is 1. The van der Waals surface area contributed by atoms with E-state index in [4.69, 9.17) is 0 Å². The Labute approximate surface area is 207 Å². The third kappa shape index (κ3) is 6.36. The van der Waals surface area contributed by atoms with Crippen LogP contribution in [0.25, 0.3) is 22.3 Å². The smallest absolute Gasteiger partial charge is 0.326 e. The fourth-order valence-corrected chi connectivity index (χ4v) is 4.27. The summed E-state index contributed by atoms with van der Waals surface area (Å²) >= 11 is 0. The molecule has 0 spiro atoms. The van der Waals surface area contributed by atoms with Crippen LogP contribution in [0.5, 0.6) is 0 Å². The van der Waals surface area contributed by atoms with Gasteiger partial charge in [-0.25, -0.2) is 4.79 Å². The van der Waals surface area contributed by atoms with Crippen molar-refractivity contribution in [2.75, 3.05) is 0 Å². The van der Waals surface area contributed by atoms with Crippen molar-refractivity contribution >= 4 is 11.9 Å². The first-order valence-corrected chi connectivity index (χ1v) is 12.1. The van der Waals surface area contributed by atoms with E-state index in [0.29, 0.717) is 12.0 Å². The fraction of sp³-hybridized carbons (Fsp3) is 0.300. The highest BCUT2D eigenvalue weighted by Crippen LogP contribution is 2.30. The maximum absolute atomic E-state index is 12.9. The minimum Gasteiger partial charge on any atom is -0.480 e. The van der Waals surface area contributed by atoms with Gasteiger partial charge >= 0.3 is 5.97 Å². The van der Waals surface area contributed by atoms with Gasteiger partial charge < -0.3 is 10.0 Å². The first kappa shape index (κ1) is 25.7. The standard InChI is InChI=1S/C30H32N2O3/c1-4-5-11-28(33)32(29(21(2)3)30(34)35)20-22-12-14-24(15-13-22)27-18-25(16-17-26(27)19-31)23-9-7-6-8-10-23/h6-10,12-18,21,29H,4-5,11,20H2,1-3H3,(H,34,35). The zero-order valence-corrected chi connectivity index (χ0v) is 20.6. The number of aliphatic carboxylic acids is 1. The van der Waals surface area contributed by atoms with Crippen LogP contribution in [-0.2, 0) is 16.1 Å². The molecule has 0 radical (unpaired) electrons. The van der Waals surface area contributed by atoms with Crippen LogP contribution in [0.4, 0.5) is 0 Å². The van der Waals surface area contributed by atoms with Crippen molar-refractivity contribution in [2.45, 2.75) is 52.6 Å². The highest BCUT2D eigenvalue weighted by atomic mass is 16.4. The molecule has 0 saturated heterocycles. The Bertz CT molecular complexity index is 1190. The maximum Gasteiger partial charge on any atom is 0.326 e. The lowest BCUT2D eigenvalue weighted by atomic mass is 9.94. The number of unbranched alkanes of at least 4 members (excludes halogenated alkanes) is 1. The summed E-state index contributed by atoms with van der Waals surface area (Å²) in [6, 6.07) is 24.9. The molecular weight excluding hydrogens is 436 g/mol. The van der Waals surface area contributed by atoms with Crippen molar-refractivity contribution in [2.24, 2.45) is 5.92 Å². The number of hydrogen-bond acceptors (Lipinski definition) is 3. The van der Waals surface area contributed by atoms with Crippen LogP contribution in [0.1, 0.15) is 51.2 Å². The van der Waals surface area contributed by atoms with Gasteiger partial charge in [0.2, 0.25) is 5.91 Å². The van der Waals surface area contributed by atoms with Crippen LogP contribution in [0, 0.1) is 17.2 Å². The van der Waals surface area contributed by atoms with Gasteiger partial charge in [0, 0.05) is 18.5 Å². The average molecular weight is 469 g/mol. The summed E-state index contributed by atoms with van der Waals surface area (Å²) in [7, 11) is 0. The number of carboxylic acids is 1. The lowest BCUT2D eigenvalue weighted by Crippen LogP contribution is -2.47. The van der Waals surface area contributed by atoms with E-state index in [-0.39, 0.29) is 18.4 Å². The van der Waals surface area contributed by atoms with Crippen LogP contribution in [0.3, 0.4) is 0 Å². The Balaban J connectivity index is 1.91. The first-order valence-electron chi connectivity index (χ1n) is 12.1. The van der Waals surface area contributed by atoms with E-state index in [2.05, 4.69) is 6.07 Å². The Morgan fingerprint density at radius 3 is 2.17 bits per heavy atom. The average Bonchev–Trinajstić information content (AvgIpc) is 2.87. The van der Waals surface area contributed by atoms with Crippen molar-refractivity contribution < 1.29 is 14.7 Å². The molecule has 3 aromatic carbocycles. The quantitative estimate of drug-likeness (QED) is 0.367. The second kappa shape index (κ2) is 12.0. The molecule has 0 heterocycles. The van der Waals surface area contributed by atoms with Gasteiger partial charge in [-0.15, -0.1) is 0 Å². The van der Waals surface area contributed by atoms with E-state index in [1.54, 1.807) is 0 Å². The van der Waals surface area contributed by atoms with E-state index >= 15 is 0 Å². The van der Waals surface area contributed by atoms with Gasteiger partial charge in [0.05, 0.1) is 11.6 Å². The van der Waals surface area contributed by atoms with Crippen LogP contribution >= 0.6 is 0 Å². The zero-order chi connectivity index (χ0) is 25.4. The predicted molar refractivity (Wildman–Crippen MR) is 138 cm³/mol. The zero-order valence-electron chi connectivity index (χ0n) is 20.6. The molecule has 5 nitrogen and oxygen atoms in total. The molecule has 0 bridgehead atoms. The number of nitrogens with zero attached hydrogens (tertiary/aromatic N) is 2. The number of hydrogen-bond donors (Lipinski definition) is 1. The lowest BCUT2D eigenvalue weighted by Gasteiger charge is -2.32. The summed E-state index contributed by atoms with van der Waals surface area (Å²) in [4.78, 5) is 26.4. The normalized spacial score (nSPS) is 11.6. The van der Waals surface area contributed by atoms with Crippen LogP contribution < -0.4 is 0 Å². The van der Waals surface area contributed by atoms with Crippen molar-refractivity contribution in [3.63, 3.8) is 0 Å².